The molecule has 104 valence electrons. The largest absolute Gasteiger partial charge is 0.494 e. The summed E-state index contributed by atoms with van der Waals surface area (Å²) < 4.78 is 5.44. The highest BCUT2D eigenvalue weighted by atomic mass is 16.5. The Balaban J connectivity index is 2.03. The van der Waals surface area contributed by atoms with E-state index in [-0.39, 0.29) is 11.3 Å². The van der Waals surface area contributed by atoms with E-state index in [9.17, 15) is 4.79 Å². The topological polar surface area (TPSA) is 50.4 Å². The molecule has 1 aliphatic rings. The van der Waals surface area contributed by atoms with Crippen LogP contribution in [-0.2, 0) is 4.79 Å². The molecule has 1 heterocycles. The smallest absolute Gasteiger partial charge is 0.230 e. The van der Waals surface area contributed by atoms with Crippen LogP contribution in [0.1, 0.15) is 26.7 Å². The van der Waals surface area contributed by atoms with Crippen LogP contribution in [0.5, 0.6) is 5.75 Å². The number of hydrogen-bond acceptors (Lipinski definition) is 3. The summed E-state index contributed by atoms with van der Waals surface area (Å²) in [7, 11) is 0. The zero-order valence-electron chi connectivity index (χ0n) is 11.7. The average Bonchev–Trinajstić information content (AvgIpc) is 2.40. The predicted octanol–water partition coefficient (Wildman–Crippen LogP) is 2.41. The first-order valence-corrected chi connectivity index (χ1v) is 6.89. The summed E-state index contributed by atoms with van der Waals surface area (Å²) in [6, 6.07) is 7.55. The molecule has 2 rings (SSSR count). The molecule has 2 N–H and O–H groups in total. The standard InChI is InChI=1S/C15H22N2O2/c1-3-19-13-6-4-5-12(11-13)17-14(18)15(2)7-9-16-10-8-15/h4-6,11,16H,3,7-10H2,1-2H3,(H,17,18). The van der Waals surface area contributed by atoms with E-state index >= 15 is 0 Å². The number of hydrogen-bond donors (Lipinski definition) is 2. The van der Waals surface area contributed by atoms with Crippen molar-refractivity contribution in [3.63, 3.8) is 0 Å². The van der Waals surface area contributed by atoms with Crippen LogP contribution in [-0.4, -0.2) is 25.6 Å². The van der Waals surface area contributed by atoms with Crippen LogP contribution >= 0.6 is 0 Å². The second-order valence-electron chi connectivity index (χ2n) is 5.23. The number of nitrogens with one attached hydrogen (secondary N) is 2. The van der Waals surface area contributed by atoms with Gasteiger partial charge in [-0.1, -0.05) is 13.0 Å². The highest BCUT2D eigenvalue weighted by Crippen LogP contribution is 2.30. The molecule has 0 atom stereocenters. The molecule has 1 aliphatic heterocycles. The summed E-state index contributed by atoms with van der Waals surface area (Å²) >= 11 is 0. The summed E-state index contributed by atoms with van der Waals surface area (Å²) in [6.07, 6.45) is 1.76. The van der Waals surface area contributed by atoms with Crippen molar-refractivity contribution in [1.29, 1.82) is 0 Å². The Morgan fingerprint density at radius 3 is 2.84 bits per heavy atom. The number of rotatable bonds is 4. The molecule has 1 amide bonds. The fourth-order valence-electron chi connectivity index (χ4n) is 2.32. The molecule has 1 aromatic rings. The fourth-order valence-corrected chi connectivity index (χ4v) is 2.32. The van der Waals surface area contributed by atoms with Crippen LogP contribution in [0.3, 0.4) is 0 Å². The number of anilines is 1. The van der Waals surface area contributed by atoms with Crippen molar-refractivity contribution < 1.29 is 9.53 Å². The molecule has 19 heavy (non-hydrogen) atoms. The van der Waals surface area contributed by atoms with Gasteiger partial charge in [0.1, 0.15) is 5.75 Å². The number of benzene rings is 1. The van der Waals surface area contributed by atoms with Crippen LogP contribution < -0.4 is 15.4 Å². The third-order valence-corrected chi connectivity index (χ3v) is 3.66. The molecule has 0 bridgehead atoms. The number of carbonyl (C=O) groups excluding carboxylic acids is 1. The van der Waals surface area contributed by atoms with Gasteiger partial charge >= 0.3 is 0 Å². The SMILES string of the molecule is CCOc1cccc(NC(=O)C2(C)CCNCC2)c1. The van der Waals surface area contributed by atoms with E-state index in [1.54, 1.807) is 0 Å². The first-order valence-electron chi connectivity index (χ1n) is 6.89. The summed E-state index contributed by atoms with van der Waals surface area (Å²) in [5.41, 5.74) is 0.531. The maximum Gasteiger partial charge on any atom is 0.230 e. The number of ether oxygens (including phenoxy) is 1. The lowest BCUT2D eigenvalue weighted by Gasteiger charge is -2.32. The molecule has 0 unspecified atom stereocenters. The van der Waals surface area contributed by atoms with Crippen LogP contribution in [0.15, 0.2) is 24.3 Å². The van der Waals surface area contributed by atoms with Gasteiger partial charge in [0.2, 0.25) is 5.91 Å². The van der Waals surface area contributed by atoms with Crippen molar-refractivity contribution >= 4 is 11.6 Å². The zero-order chi connectivity index (χ0) is 13.7. The van der Waals surface area contributed by atoms with Crippen molar-refractivity contribution in [2.45, 2.75) is 26.7 Å². The average molecular weight is 262 g/mol. The van der Waals surface area contributed by atoms with Gasteiger partial charge in [0.15, 0.2) is 0 Å². The van der Waals surface area contributed by atoms with E-state index in [1.165, 1.54) is 0 Å². The molecular weight excluding hydrogens is 240 g/mol. The van der Waals surface area contributed by atoms with Crippen molar-refractivity contribution in [2.75, 3.05) is 25.0 Å². The van der Waals surface area contributed by atoms with Crippen molar-refractivity contribution in [3.8, 4) is 5.75 Å². The predicted molar refractivity (Wildman–Crippen MR) is 76.5 cm³/mol. The van der Waals surface area contributed by atoms with Crippen LogP contribution in [0.4, 0.5) is 5.69 Å². The van der Waals surface area contributed by atoms with Gasteiger partial charge in [-0.2, -0.15) is 0 Å². The van der Waals surface area contributed by atoms with Gasteiger partial charge in [-0.15, -0.1) is 0 Å². The summed E-state index contributed by atoms with van der Waals surface area (Å²) in [4.78, 5) is 12.4. The molecule has 4 nitrogen and oxygen atoms in total. The van der Waals surface area contributed by atoms with Crippen LogP contribution in [0.2, 0.25) is 0 Å². The van der Waals surface area contributed by atoms with E-state index in [0.717, 1.165) is 37.4 Å². The Hall–Kier alpha value is -1.55. The van der Waals surface area contributed by atoms with Crippen LogP contribution in [0, 0.1) is 5.41 Å². The Labute approximate surface area is 114 Å². The lowest BCUT2D eigenvalue weighted by Crippen LogP contribution is -2.42. The lowest BCUT2D eigenvalue weighted by molar-refractivity contribution is -0.126. The zero-order valence-corrected chi connectivity index (χ0v) is 11.7. The van der Waals surface area contributed by atoms with E-state index in [4.69, 9.17) is 4.74 Å². The van der Waals surface area contributed by atoms with E-state index in [2.05, 4.69) is 10.6 Å². The summed E-state index contributed by atoms with van der Waals surface area (Å²) in [6.45, 7) is 6.42. The van der Waals surface area contributed by atoms with Crippen LogP contribution in [0.25, 0.3) is 0 Å². The Morgan fingerprint density at radius 1 is 1.42 bits per heavy atom. The highest BCUT2D eigenvalue weighted by Gasteiger charge is 2.34. The Morgan fingerprint density at radius 2 is 2.16 bits per heavy atom. The molecule has 1 saturated heterocycles. The Bertz CT molecular complexity index is 440. The van der Waals surface area contributed by atoms with Gasteiger partial charge in [0.05, 0.1) is 6.61 Å². The summed E-state index contributed by atoms with van der Waals surface area (Å²) in [5, 5.41) is 6.29. The molecule has 0 saturated carbocycles. The van der Waals surface area contributed by atoms with Crippen molar-refractivity contribution in [3.05, 3.63) is 24.3 Å². The van der Waals surface area contributed by atoms with E-state index in [1.807, 2.05) is 38.1 Å². The number of amides is 1. The molecule has 0 aliphatic carbocycles. The Kier molecular flexibility index (Phi) is 4.43. The maximum atomic E-state index is 12.4. The number of piperidine rings is 1. The van der Waals surface area contributed by atoms with Gasteiger partial charge in [-0.05, 0) is 45.0 Å². The first-order chi connectivity index (χ1) is 9.14. The molecule has 4 heteroatoms. The molecule has 0 radical (unpaired) electrons. The quantitative estimate of drug-likeness (QED) is 0.876. The second kappa shape index (κ2) is 6.06. The van der Waals surface area contributed by atoms with Gasteiger partial charge in [0.25, 0.3) is 0 Å². The van der Waals surface area contributed by atoms with E-state index in [0.29, 0.717) is 6.61 Å². The van der Waals surface area contributed by atoms with Gasteiger partial charge in [-0.3, -0.25) is 4.79 Å². The molecule has 1 aromatic carbocycles. The third-order valence-electron chi connectivity index (χ3n) is 3.66. The molecule has 0 aromatic heterocycles. The fraction of sp³-hybridized carbons (Fsp3) is 0.533. The minimum absolute atomic E-state index is 0.0997. The van der Waals surface area contributed by atoms with E-state index < -0.39 is 0 Å². The molecule has 1 fully saturated rings. The lowest BCUT2D eigenvalue weighted by atomic mass is 9.80. The molecular formula is C15H22N2O2. The van der Waals surface area contributed by atoms with Gasteiger partial charge in [0, 0.05) is 17.2 Å². The second-order valence-corrected chi connectivity index (χ2v) is 5.23. The number of carbonyl (C=O) groups is 1. The maximum absolute atomic E-state index is 12.4. The van der Waals surface area contributed by atoms with Crippen molar-refractivity contribution in [2.24, 2.45) is 5.41 Å². The highest BCUT2D eigenvalue weighted by molar-refractivity contribution is 5.95. The minimum atomic E-state index is -0.271. The van der Waals surface area contributed by atoms with Gasteiger partial charge < -0.3 is 15.4 Å². The monoisotopic (exact) mass is 262 g/mol. The summed E-state index contributed by atoms with van der Waals surface area (Å²) in [5.74, 6) is 0.887. The first kappa shape index (κ1) is 13.9. The van der Waals surface area contributed by atoms with Crippen molar-refractivity contribution in [1.82, 2.24) is 5.32 Å². The normalized spacial score (nSPS) is 17.8. The third kappa shape index (κ3) is 3.47. The van der Waals surface area contributed by atoms with Gasteiger partial charge in [-0.25, -0.2) is 0 Å². The minimum Gasteiger partial charge on any atom is -0.494 e. The molecule has 0 spiro atoms.